The standard InChI is InChI=1S/C18H21N5O/c1-19-12-22-10-14-7-8-23(17(14)11-22)18(24)16-9-15(20-21-16)13-5-3-2-4-6-13/h2-6,9,12,14,17H,7-8,10-11H2,1H3,(H,20,21)/b19-12-/t14-,17+/m1/s1. The van der Waals surface area contributed by atoms with Crippen LogP contribution >= 0.6 is 0 Å². The summed E-state index contributed by atoms with van der Waals surface area (Å²) in [7, 11) is 1.78. The third-order valence-corrected chi connectivity index (χ3v) is 4.99. The number of rotatable bonds is 3. The van der Waals surface area contributed by atoms with Crippen LogP contribution in [0.2, 0.25) is 0 Å². The largest absolute Gasteiger partial charge is 0.361 e. The van der Waals surface area contributed by atoms with E-state index in [-0.39, 0.29) is 11.9 Å². The number of benzene rings is 1. The zero-order valence-corrected chi connectivity index (χ0v) is 13.7. The number of amides is 1. The molecule has 2 aliphatic rings. The molecule has 1 amide bonds. The first-order valence-corrected chi connectivity index (χ1v) is 8.34. The zero-order chi connectivity index (χ0) is 16.5. The number of hydrogen-bond acceptors (Lipinski definition) is 3. The van der Waals surface area contributed by atoms with E-state index in [0.29, 0.717) is 11.6 Å². The van der Waals surface area contributed by atoms with Gasteiger partial charge in [-0.3, -0.25) is 14.9 Å². The van der Waals surface area contributed by atoms with Crippen LogP contribution in [0.1, 0.15) is 16.9 Å². The Labute approximate surface area is 141 Å². The second kappa shape index (κ2) is 6.11. The van der Waals surface area contributed by atoms with Crippen molar-refractivity contribution in [2.45, 2.75) is 12.5 Å². The van der Waals surface area contributed by atoms with Crippen LogP contribution in [0.3, 0.4) is 0 Å². The number of carbonyl (C=O) groups is 1. The Bertz CT molecular complexity index is 754. The van der Waals surface area contributed by atoms with E-state index in [1.807, 2.05) is 47.6 Å². The monoisotopic (exact) mass is 323 g/mol. The predicted molar refractivity (Wildman–Crippen MR) is 92.9 cm³/mol. The van der Waals surface area contributed by atoms with E-state index in [1.165, 1.54) is 0 Å². The van der Waals surface area contributed by atoms with Crippen LogP contribution in [0.5, 0.6) is 0 Å². The number of fused-ring (bicyclic) bond motifs is 1. The Balaban J connectivity index is 1.51. The molecule has 2 aromatic rings. The number of aromatic nitrogens is 2. The topological polar surface area (TPSA) is 64.6 Å². The minimum Gasteiger partial charge on any atom is -0.361 e. The van der Waals surface area contributed by atoms with Crippen LogP contribution in [0.25, 0.3) is 11.3 Å². The fraction of sp³-hybridized carbons (Fsp3) is 0.389. The van der Waals surface area contributed by atoms with E-state index >= 15 is 0 Å². The maximum absolute atomic E-state index is 12.9. The highest BCUT2D eigenvalue weighted by Gasteiger charge is 2.43. The summed E-state index contributed by atoms with van der Waals surface area (Å²) in [4.78, 5) is 21.2. The second-order valence-electron chi connectivity index (χ2n) is 6.48. The Morgan fingerprint density at radius 3 is 2.96 bits per heavy atom. The molecule has 0 radical (unpaired) electrons. The Morgan fingerprint density at radius 2 is 2.17 bits per heavy atom. The van der Waals surface area contributed by atoms with Gasteiger partial charge in [0.05, 0.1) is 18.1 Å². The Morgan fingerprint density at radius 1 is 1.33 bits per heavy atom. The van der Waals surface area contributed by atoms with Crippen LogP contribution in [0, 0.1) is 5.92 Å². The van der Waals surface area contributed by atoms with Crippen molar-refractivity contribution in [2.75, 3.05) is 26.7 Å². The summed E-state index contributed by atoms with van der Waals surface area (Å²) in [5.41, 5.74) is 2.39. The zero-order valence-electron chi connectivity index (χ0n) is 13.7. The van der Waals surface area contributed by atoms with Gasteiger partial charge in [-0.25, -0.2) is 0 Å². The van der Waals surface area contributed by atoms with E-state index in [9.17, 15) is 4.79 Å². The summed E-state index contributed by atoms with van der Waals surface area (Å²) in [5, 5.41) is 7.22. The van der Waals surface area contributed by atoms with Gasteiger partial charge in [-0.05, 0) is 12.5 Å². The Kier molecular flexibility index (Phi) is 3.80. The molecule has 0 bridgehead atoms. The molecule has 0 unspecified atom stereocenters. The first-order valence-electron chi connectivity index (χ1n) is 8.34. The quantitative estimate of drug-likeness (QED) is 0.693. The number of nitrogens with one attached hydrogen (secondary N) is 1. The molecule has 124 valence electrons. The summed E-state index contributed by atoms with van der Waals surface area (Å²) in [6, 6.07) is 12.0. The van der Waals surface area contributed by atoms with E-state index in [0.717, 1.165) is 37.3 Å². The average molecular weight is 323 g/mol. The number of carbonyl (C=O) groups excluding carboxylic acids is 1. The minimum absolute atomic E-state index is 0.0486. The number of aliphatic imine (C=N–C) groups is 1. The van der Waals surface area contributed by atoms with Gasteiger partial charge in [-0.1, -0.05) is 30.3 Å². The second-order valence-corrected chi connectivity index (χ2v) is 6.48. The first kappa shape index (κ1) is 14.9. The van der Waals surface area contributed by atoms with Gasteiger partial charge in [0, 0.05) is 38.2 Å². The lowest BCUT2D eigenvalue weighted by molar-refractivity contribution is 0.0726. The van der Waals surface area contributed by atoms with Crippen LogP contribution in [0.15, 0.2) is 41.4 Å². The average Bonchev–Trinajstić information content (AvgIpc) is 3.30. The molecule has 0 saturated carbocycles. The van der Waals surface area contributed by atoms with Crippen LogP contribution in [-0.2, 0) is 0 Å². The van der Waals surface area contributed by atoms with Crippen molar-refractivity contribution in [3.05, 3.63) is 42.1 Å². The number of aromatic amines is 1. The number of hydrogen-bond donors (Lipinski definition) is 1. The summed E-state index contributed by atoms with van der Waals surface area (Å²) < 4.78 is 0. The van der Waals surface area contributed by atoms with Crippen LogP contribution in [-0.4, -0.2) is 65.0 Å². The molecule has 1 N–H and O–H groups in total. The molecular formula is C18H21N5O. The van der Waals surface area contributed by atoms with Gasteiger partial charge in [-0.2, -0.15) is 5.10 Å². The SMILES string of the molecule is C/N=C\N1C[C@H]2CCN(C(=O)c3cc(-c4ccccc4)n[nH]3)[C@H]2C1. The van der Waals surface area contributed by atoms with Gasteiger partial charge < -0.3 is 9.80 Å². The molecule has 2 saturated heterocycles. The van der Waals surface area contributed by atoms with E-state index in [1.54, 1.807) is 7.05 Å². The van der Waals surface area contributed by atoms with Crippen molar-refractivity contribution in [1.29, 1.82) is 0 Å². The molecule has 3 heterocycles. The van der Waals surface area contributed by atoms with E-state index in [4.69, 9.17) is 0 Å². The third kappa shape index (κ3) is 2.58. The van der Waals surface area contributed by atoms with Crippen molar-refractivity contribution in [2.24, 2.45) is 10.9 Å². The first-order chi connectivity index (χ1) is 11.8. The molecule has 2 fully saturated rings. The number of H-pyrrole nitrogens is 1. The van der Waals surface area contributed by atoms with Gasteiger partial charge in [0.2, 0.25) is 0 Å². The predicted octanol–water partition coefficient (Wildman–Crippen LogP) is 1.88. The normalized spacial score (nSPS) is 23.2. The fourth-order valence-electron chi connectivity index (χ4n) is 3.85. The van der Waals surface area contributed by atoms with Gasteiger partial charge in [-0.15, -0.1) is 0 Å². The summed E-state index contributed by atoms with van der Waals surface area (Å²) in [6.45, 7) is 2.68. The molecular weight excluding hydrogens is 302 g/mol. The molecule has 2 aliphatic heterocycles. The number of likely N-dealkylation sites (tertiary alicyclic amines) is 2. The molecule has 6 heteroatoms. The molecule has 1 aromatic heterocycles. The molecule has 6 nitrogen and oxygen atoms in total. The number of nitrogens with zero attached hydrogens (tertiary/aromatic N) is 4. The summed E-state index contributed by atoms with van der Waals surface area (Å²) in [6.07, 6.45) is 2.94. The third-order valence-electron chi connectivity index (χ3n) is 4.99. The summed E-state index contributed by atoms with van der Waals surface area (Å²) >= 11 is 0. The lowest BCUT2D eigenvalue weighted by Crippen LogP contribution is -2.39. The molecule has 24 heavy (non-hydrogen) atoms. The molecule has 1 aromatic carbocycles. The highest BCUT2D eigenvalue weighted by atomic mass is 16.2. The van der Waals surface area contributed by atoms with E-state index in [2.05, 4.69) is 20.1 Å². The van der Waals surface area contributed by atoms with Crippen molar-refractivity contribution in [3.8, 4) is 11.3 Å². The van der Waals surface area contributed by atoms with Gasteiger partial charge in [0.25, 0.3) is 5.91 Å². The van der Waals surface area contributed by atoms with Crippen molar-refractivity contribution in [1.82, 2.24) is 20.0 Å². The van der Waals surface area contributed by atoms with Crippen LogP contribution < -0.4 is 0 Å². The van der Waals surface area contributed by atoms with Gasteiger partial charge in [0.15, 0.2) is 0 Å². The van der Waals surface area contributed by atoms with Crippen molar-refractivity contribution >= 4 is 12.2 Å². The fourth-order valence-corrected chi connectivity index (χ4v) is 3.85. The highest BCUT2D eigenvalue weighted by molar-refractivity contribution is 5.94. The van der Waals surface area contributed by atoms with Gasteiger partial charge >= 0.3 is 0 Å². The molecule has 0 aliphatic carbocycles. The Hall–Kier alpha value is -2.63. The lowest BCUT2D eigenvalue weighted by Gasteiger charge is -2.23. The van der Waals surface area contributed by atoms with Gasteiger partial charge in [0.1, 0.15) is 5.69 Å². The molecule has 4 rings (SSSR count). The van der Waals surface area contributed by atoms with Crippen molar-refractivity contribution < 1.29 is 4.79 Å². The smallest absolute Gasteiger partial charge is 0.272 e. The molecule has 2 atom stereocenters. The van der Waals surface area contributed by atoms with E-state index < -0.39 is 0 Å². The highest BCUT2D eigenvalue weighted by Crippen LogP contribution is 2.32. The lowest BCUT2D eigenvalue weighted by atomic mass is 10.1. The van der Waals surface area contributed by atoms with Crippen molar-refractivity contribution in [3.63, 3.8) is 0 Å². The maximum atomic E-state index is 12.9. The summed E-state index contributed by atoms with van der Waals surface area (Å²) in [5.74, 6) is 0.593. The molecule has 0 spiro atoms. The van der Waals surface area contributed by atoms with Crippen LogP contribution in [0.4, 0.5) is 0 Å². The minimum atomic E-state index is 0.0486. The maximum Gasteiger partial charge on any atom is 0.272 e.